The third kappa shape index (κ3) is 3.33. The van der Waals surface area contributed by atoms with E-state index in [-0.39, 0.29) is 5.91 Å². The van der Waals surface area contributed by atoms with Crippen LogP contribution in [0.3, 0.4) is 0 Å². The molecule has 4 nitrogen and oxygen atoms in total. The van der Waals surface area contributed by atoms with E-state index in [0.717, 1.165) is 15.9 Å². The third-order valence-corrected chi connectivity index (χ3v) is 2.55. The first-order valence-electron chi connectivity index (χ1n) is 4.24. The van der Waals surface area contributed by atoms with Crippen molar-refractivity contribution in [1.29, 1.82) is 0 Å². The molecular formula is C9H12BrN3O. The number of aryl methyl sites for hydroxylation is 1. The summed E-state index contributed by atoms with van der Waals surface area (Å²) in [5.74, 6) is 0.443. The fourth-order valence-corrected chi connectivity index (χ4v) is 1.17. The van der Waals surface area contributed by atoms with E-state index in [1.807, 2.05) is 13.0 Å². The fraction of sp³-hybridized carbons (Fsp3) is 0.333. The molecule has 3 N–H and O–H groups in total. The summed E-state index contributed by atoms with van der Waals surface area (Å²) >= 11 is 3.36. The zero-order chi connectivity index (χ0) is 10.6. The number of halogens is 1. The molecule has 0 unspecified atom stereocenters. The largest absolute Gasteiger partial charge is 0.370 e. The zero-order valence-corrected chi connectivity index (χ0v) is 9.47. The second-order valence-corrected chi connectivity index (χ2v) is 3.82. The van der Waals surface area contributed by atoms with Crippen LogP contribution in [0, 0.1) is 6.92 Å². The summed E-state index contributed by atoms with van der Waals surface area (Å²) in [6, 6.07) is 1.91. The fourth-order valence-electron chi connectivity index (χ4n) is 0.950. The lowest BCUT2D eigenvalue weighted by Gasteiger charge is -2.05. The Labute approximate surface area is 91.0 Å². The van der Waals surface area contributed by atoms with E-state index in [9.17, 15) is 4.79 Å². The van der Waals surface area contributed by atoms with E-state index >= 15 is 0 Å². The Bertz CT molecular complexity index is 341. The van der Waals surface area contributed by atoms with Gasteiger partial charge in [0.05, 0.1) is 0 Å². The van der Waals surface area contributed by atoms with Crippen LogP contribution in [0.2, 0.25) is 0 Å². The number of rotatable bonds is 4. The number of hydrogen-bond donors (Lipinski definition) is 2. The van der Waals surface area contributed by atoms with E-state index in [1.54, 1.807) is 6.20 Å². The minimum absolute atomic E-state index is 0.314. The number of pyridine rings is 1. The summed E-state index contributed by atoms with van der Waals surface area (Å²) < 4.78 is 0.970. The molecule has 0 fully saturated rings. The Morgan fingerprint density at radius 2 is 2.43 bits per heavy atom. The number of amides is 1. The van der Waals surface area contributed by atoms with Crippen molar-refractivity contribution in [3.05, 3.63) is 22.3 Å². The van der Waals surface area contributed by atoms with Gasteiger partial charge in [-0.25, -0.2) is 4.98 Å². The zero-order valence-electron chi connectivity index (χ0n) is 7.88. The van der Waals surface area contributed by atoms with Gasteiger partial charge in [0.15, 0.2) is 0 Å². The molecule has 1 aromatic heterocycles. The first kappa shape index (κ1) is 11.0. The standard InChI is InChI=1S/C9H12BrN3O/c1-6-4-9(13-5-7(6)10)12-3-2-8(11)14/h4-5H,2-3H2,1H3,(H2,11,14)(H,12,13). The summed E-state index contributed by atoms with van der Waals surface area (Å²) in [7, 11) is 0. The second kappa shape index (κ2) is 4.95. The molecule has 0 atom stereocenters. The topological polar surface area (TPSA) is 68.0 Å². The maximum atomic E-state index is 10.5. The molecule has 1 heterocycles. The van der Waals surface area contributed by atoms with Crippen LogP contribution in [0.4, 0.5) is 5.82 Å². The molecule has 0 radical (unpaired) electrons. The average molecular weight is 258 g/mol. The lowest BCUT2D eigenvalue weighted by molar-refractivity contribution is -0.117. The van der Waals surface area contributed by atoms with Gasteiger partial charge in [-0.15, -0.1) is 0 Å². The molecule has 0 aromatic carbocycles. The molecular weight excluding hydrogens is 246 g/mol. The smallest absolute Gasteiger partial charge is 0.219 e. The van der Waals surface area contributed by atoms with Crippen molar-refractivity contribution < 1.29 is 4.79 Å². The summed E-state index contributed by atoms with van der Waals surface area (Å²) in [4.78, 5) is 14.6. The van der Waals surface area contributed by atoms with Crippen LogP contribution in [0.25, 0.3) is 0 Å². The average Bonchev–Trinajstić information content (AvgIpc) is 2.10. The lowest BCUT2D eigenvalue weighted by atomic mass is 10.3. The predicted molar refractivity (Wildman–Crippen MR) is 59.0 cm³/mol. The summed E-state index contributed by atoms with van der Waals surface area (Å²) in [6.45, 7) is 2.49. The molecule has 0 bridgehead atoms. The number of nitrogens with zero attached hydrogens (tertiary/aromatic N) is 1. The minimum Gasteiger partial charge on any atom is -0.370 e. The molecule has 0 aliphatic heterocycles. The molecule has 0 saturated carbocycles. The predicted octanol–water partition coefficient (Wildman–Crippen LogP) is 1.44. The Hall–Kier alpha value is -1.10. The van der Waals surface area contributed by atoms with Crippen molar-refractivity contribution in [3.8, 4) is 0 Å². The van der Waals surface area contributed by atoms with Gasteiger partial charge in [-0.3, -0.25) is 4.79 Å². The number of carbonyl (C=O) groups is 1. The van der Waals surface area contributed by atoms with Crippen LogP contribution in [0.15, 0.2) is 16.7 Å². The van der Waals surface area contributed by atoms with E-state index < -0.39 is 0 Å². The highest BCUT2D eigenvalue weighted by Crippen LogP contribution is 2.16. The molecule has 76 valence electrons. The number of nitrogens with two attached hydrogens (primary N) is 1. The number of hydrogen-bond acceptors (Lipinski definition) is 3. The van der Waals surface area contributed by atoms with Gasteiger partial charge in [-0.2, -0.15) is 0 Å². The first-order chi connectivity index (χ1) is 6.59. The van der Waals surface area contributed by atoms with Crippen molar-refractivity contribution in [3.63, 3.8) is 0 Å². The van der Waals surface area contributed by atoms with Crippen molar-refractivity contribution in [2.24, 2.45) is 5.73 Å². The highest BCUT2D eigenvalue weighted by molar-refractivity contribution is 9.10. The lowest BCUT2D eigenvalue weighted by Crippen LogP contribution is -2.16. The summed E-state index contributed by atoms with van der Waals surface area (Å²) in [5, 5.41) is 3.01. The number of anilines is 1. The van der Waals surface area contributed by atoms with Crippen LogP contribution < -0.4 is 11.1 Å². The Balaban J connectivity index is 2.51. The van der Waals surface area contributed by atoms with Gasteiger partial charge in [0.1, 0.15) is 5.82 Å². The van der Waals surface area contributed by atoms with Gasteiger partial charge in [0, 0.05) is 23.6 Å². The first-order valence-corrected chi connectivity index (χ1v) is 5.03. The van der Waals surface area contributed by atoms with E-state index in [2.05, 4.69) is 26.2 Å². The minimum atomic E-state index is -0.314. The van der Waals surface area contributed by atoms with E-state index in [1.165, 1.54) is 0 Å². The van der Waals surface area contributed by atoms with Crippen molar-refractivity contribution >= 4 is 27.7 Å². The number of primary amides is 1. The van der Waals surface area contributed by atoms with Crippen LogP contribution in [0.1, 0.15) is 12.0 Å². The molecule has 0 aliphatic rings. The number of aromatic nitrogens is 1. The monoisotopic (exact) mass is 257 g/mol. The van der Waals surface area contributed by atoms with Crippen molar-refractivity contribution in [1.82, 2.24) is 4.98 Å². The summed E-state index contributed by atoms with van der Waals surface area (Å²) in [5.41, 5.74) is 6.10. The SMILES string of the molecule is Cc1cc(NCCC(N)=O)ncc1Br. The number of carbonyl (C=O) groups excluding carboxylic acids is 1. The molecule has 1 amide bonds. The van der Waals surface area contributed by atoms with Crippen LogP contribution in [0.5, 0.6) is 0 Å². The Kier molecular flexibility index (Phi) is 3.88. The Morgan fingerprint density at radius 1 is 1.71 bits per heavy atom. The van der Waals surface area contributed by atoms with Crippen LogP contribution >= 0.6 is 15.9 Å². The van der Waals surface area contributed by atoms with Crippen molar-refractivity contribution in [2.45, 2.75) is 13.3 Å². The highest BCUT2D eigenvalue weighted by atomic mass is 79.9. The molecule has 1 rings (SSSR count). The van der Waals surface area contributed by atoms with Gasteiger partial charge in [0.25, 0.3) is 0 Å². The van der Waals surface area contributed by atoms with Gasteiger partial charge in [-0.1, -0.05) is 0 Å². The van der Waals surface area contributed by atoms with Crippen LogP contribution in [-0.2, 0) is 4.79 Å². The van der Waals surface area contributed by atoms with Gasteiger partial charge >= 0.3 is 0 Å². The molecule has 5 heteroatoms. The van der Waals surface area contributed by atoms with Crippen molar-refractivity contribution in [2.75, 3.05) is 11.9 Å². The second-order valence-electron chi connectivity index (χ2n) is 2.96. The molecule has 14 heavy (non-hydrogen) atoms. The Morgan fingerprint density at radius 3 is 3.00 bits per heavy atom. The normalized spacial score (nSPS) is 9.86. The highest BCUT2D eigenvalue weighted by Gasteiger charge is 1.99. The maximum Gasteiger partial charge on any atom is 0.219 e. The molecule has 0 spiro atoms. The molecule has 0 aliphatic carbocycles. The third-order valence-electron chi connectivity index (χ3n) is 1.72. The molecule has 0 saturated heterocycles. The maximum absolute atomic E-state index is 10.5. The van der Waals surface area contributed by atoms with E-state index in [0.29, 0.717) is 13.0 Å². The van der Waals surface area contributed by atoms with Gasteiger partial charge in [-0.05, 0) is 34.5 Å². The van der Waals surface area contributed by atoms with Crippen LogP contribution in [-0.4, -0.2) is 17.4 Å². The summed E-state index contributed by atoms with van der Waals surface area (Å²) in [6.07, 6.45) is 2.04. The molecule has 1 aromatic rings. The quantitative estimate of drug-likeness (QED) is 0.858. The van der Waals surface area contributed by atoms with Gasteiger partial charge in [0.2, 0.25) is 5.91 Å². The van der Waals surface area contributed by atoms with Gasteiger partial charge < -0.3 is 11.1 Å². The number of nitrogens with one attached hydrogen (secondary N) is 1. The van der Waals surface area contributed by atoms with E-state index in [4.69, 9.17) is 5.73 Å².